The van der Waals surface area contributed by atoms with E-state index in [0.717, 1.165) is 28.5 Å². The quantitative estimate of drug-likeness (QED) is 0.509. The molecule has 5 rings (SSSR count). The molecule has 3 nitrogen and oxygen atoms in total. The number of hydrogen-bond donors (Lipinski definition) is 2. The zero-order chi connectivity index (χ0) is 14.2. The molecule has 0 aliphatic heterocycles. The molecule has 4 aliphatic rings. The van der Waals surface area contributed by atoms with Gasteiger partial charge in [0.05, 0.1) is 6.21 Å². The molecule has 1 heterocycles. The van der Waals surface area contributed by atoms with Crippen LogP contribution in [0.5, 0.6) is 0 Å². The lowest BCUT2D eigenvalue weighted by Crippen LogP contribution is -2.57. The number of rotatable bonds is 3. The maximum Gasteiger partial charge on any atom is 0.187 e. The van der Waals surface area contributed by atoms with Crippen molar-refractivity contribution in [1.29, 1.82) is 0 Å². The zero-order valence-electron chi connectivity index (χ0n) is 12.0. The summed E-state index contributed by atoms with van der Waals surface area (Å²) in [5, 5.41) is 10.5. The largest absolute Gasteiger partial charge is 0.358 e. The zero-order valence-corrected chi connectivity index (χ0v) is 13.6. The van der Waals surface area contributed by atoms with Crippen molar-refractivity contribution in [3.05, 3.63) is 22.4 Å². The van der Waals surface area contributed by atoms with Gasteiger partial charge in [0.25, 0.3) is 0 Å². The van der Waals surface area contributed by atoms with Gasteiger partial charge in [0.1, 0.15) is 0 Å². The van der Waals surface area contributed by atoms with E-state index in [2.05, 4.69) is 15.8 Å². The van der Waals surface area contributed by atoms with E-state index >= 15 is 0 Å². The summed E-state index contributed by atoms with van der Waals surface area (Å²) in [6.45, 7) is 0. The highest BCUT2D eigenvalue weighted by Crippen LogP contribution is 2.53. The van der Waals surface area contributed by atoms with Crippen molar-refractivity contribution in [2.45, 2.75) is 38.1 Å². The van der Waals surface area contributed by atoms with Gasteiger partial charge < -0.3 is 5.32 Å². The third-order valence-electron chi connectivity index (χ3n) is 5.43. The number of hydrazone groups is 1. The molecule has 1 aromatic rings. The smallest absolute Gasteiger partial charge is 0.187 e. The Hall–Kier alpha value is -0.940. The number of nitrogens with one attached hydrogen (secondary N) is 2. The molecule has 21 heavy (non-hydrogen) atoms. The van der Waals surface area contributed by atoms with Crippen LogP contribution in [0.25, 0.3) is 0 Å². The average molecular weight is 319 g/mol. The molecule has 0 unspecified atom stereocenters. The molecule has 0 spiro atoms. The first-order valence-electron chi connectivity index (χ1n) is 7.91. The fraction of sp³-hybridized carbons (Fsp3) is 0.625. The predicted octanol–water partition coefficient (Wildman–Crippen LogP) is 3.37. The van der Waals surface area contributed by atoms with Gasteiger partial charge in [-0.3, -0.25) is 5.43 Å². The first kappa shape index (κ1) is 13.7. The van der Waals surface area contributed by atoms with Crippen LogP contribution in [0.4, 0.5) is 0 Å². The molecule has 4 saturated carbocycles. The highest BCUT2D eigenvalue weighted by atomic mass is 32.1. The van der Waals surface area contributed by atoms with Gasteiger partial charge in [-0.25, -0.2) is 0 Å². The van der Waals surface area contributed by atoms with Crippen molar-refractivity contribution in [1.82, 2.24) is 10.7 Å². The minimum Gasteiger partial charge on any atom is -0.358 e. The molecule has 0 saturated heterocycles. The molecule has 4 aliphatic carbocycles. The molecule has 4 fully saturated rings. The summed E-state index contributed by atoms with van der Waals surface area (Å²) in [6.07, 6.45) is 8.96. The molecule has 0 aromatic carbocycles. The molecule has 4 bridgehead atoms. The minimum absolute atomic E-state index is 0.578. The Labute approximate surface area is 135 Å². The van der Waals surface area contributed by atoms with E-state index in [-0.39, 0.29) is 0 Å². The van der Waals surface area contributed by atoms with Gasteiger partial charge in [-0.2, -0.15) is 5.10 Å². The summed E-state index contributed by atoms with van der Waals surface area (Å²) in [6, 6.07) is 4.65. The second-order valence-corrected chi connectivity index (χ2v) is 8.20. The monoisotopic (exact) mass is 319 g/mol. The van der Waals surface area contributed by atoms with Gasteiger partial charge in [-0.05, 0) is 79.4 Å². The molecule has 1 aromatic heterocycles. The summed E-state index contributed by atoms with van der Waals surface area (Å²) >= 11 is 7.09. The van der Waals surface area contributed by atoms with Crippen LogP contribution in [-0.4, -0.2) is 17.4 Å². The lowest BCUT2D eigenvalue weighted by molar-refractivity contribution is -0.00693. The lowest BCUT2D eigenvalue weighted by atomic mass is 9.54. The van der Waals surface area contributed by atoms with Crippen LogP contribution >= 0.6 is 23.6 Å². The second-order valence-electron chi connectivity index (χ2n) is 6.82. The van der Waals surface area contributed by atoms with Gasteiger partial charge >= 0.3 is 0 Å². The van der Waals surface area contributed by atoms with Crippen molar-refractivity contribution >= 4 is 34.9 Å². The number of hydrogen-bond acceptors (Lipinski definition) is 3. The molecule has 2 N–H and O–H groups in total. The third kappa shape index (κ3) is 2.86. The van der Waals surface area contributed by atoms with E-state index < -0.39 is 0 Å². The van der Waals surface area contributed by atoms with Crippen molar-refractivity contribution in [3.63, 3.8) is 0 Å². The number of thiophene rings is 1. The molecular formula is C16H21N3S2. The second kappa shape index (κ2) is 5.69. The van der Waals surface area contributed by atoms with E-state index in [0.29, 0.717) is 11.2 Å². The van der Waals surface area contributed by atoms with E-state index in [9.17, 15) is 0 Å². The fourth-order valence-electron chi connectivity index (χ4n) is 4.86. The van der Waals surface area contributed by atoms with Gasteiger partial charge in [0.15, 0.2) is 5.11 Å². The van der Waals surface area contributed by atoms with Gasteiger partial charge in [0.2, 0.25) is 0 Å². The molecule has 0 amide bonds. The summed E-state index contributed by atoms with van der Waals surface area (Å²) in [5.74, 6) is 3.68. The van der Waals surface area contributed by atoms with Gasteiger partial charge in [-0.1, -0.05) is 6.07 Å². The van der Waals surface area contributed by atoms with Gasteiger partial charge in [-0.15, -0.1) is 11.3 Å². The predicted molar refractivity (Wildman–Crippen MR) is 91.6 cm³/mol. The molecule has 0 radical (unpaired) electrons. The molecule has 5 heteroatoms. The highest BCUT2D eigenvalue weighted by molar-refractivity contribution is 7.80. The van der Waals surface area contributed by atoms with Crippen LogP contribution in [-0.2, 0) is 0 Å². The maximum atomic E-state index is 5.42. The first-order valence-corrected chi connectivity index (χ1v) is 9.20. The van der Waals surface area contributed by atoms with Crippen LogP contribution in [0.3, 0.4) is 0 Å². The Balaban J connectivity index is 1.32. The van der Waals surface area contributed by atoms with Crippen LogP contribution in [0.1, 0.15) is 37.0 Å². The van der Waals surface area contributed by atoms with E-state index in [1.807, 2.05) is 23.7 Å². The lowest BCUT2D eigenvalue weighted by Gasteiger charge is -2.54. The third-order valence-corrected chi connectivity index (χ3v) is 6.44. The fourth-order valence-corrected chi connectivity index (χ4v) is 5.64. The first-order chi connectivity index (χ1) is 10.3. The molecule has 112 valence electrons. The van der Waals surface area contributed by atoms with Crippen molar-refractivity contribution < 1.29 is 0 Å². The Morgan fingerprint density at radius 1 is 1.19 bits per heavy atom. The Kier molecular flexibility index (Phi) is 3.71. The van der Waals surface area contributed by atoms with Crippen LogP contribution in [0, 0.1) is 23.7 Å². The summed E-state index contributed by atoms with van der Waals surface area (Å²) in [5.41, 5.74) is 2.98. The van der Waals surface area contributed by atoms with Crippen molar-refractivity contribution in [2.24, 2.45) is 28.8 Å². The normalized spacial score (nSPS) is 37.0. The van der Waals surface area contributed by atoms with E-state index in [1.54, 1.807) is 11.3 Å². The van der Waals surface area contributed by atoms with E-state index in [1.165, 1.54) is 32.1 Å². The van der Waals surface area contributed by atoms with Crippen LogP contribution < -0.4 is 10.7 Å². The van der Waals surface area contributed by atoms with Gasteiger partial charge in [0, 0.05) is 10.9 Å². The summed E-state index contributed by atoms with van der Waals surface area (Å²) < 4.78 is 0. The molecular weight excluding hydrogens is 298 g/mol. The van der Waals surface area contributed by atoms with E-state index in [4.69, 9.17) is 12.2 Å². The summed E-state index contributed by atoms with van der Waals surface area (Å²) in [4.78, 5) is 1.14. The average Bonchev–Trinajstić information content (AvgIpc) is 2.95. The number of thiocarbonyl (C=S) groups is 1. The number of nitrogens with zero attached hydrogens (tertiary/aromatic N) is 1. The maximum absolute atomic E-state index is 5.42. The standard InChI is InChI=1S/C16H21N3S2/c20-16(19-17-9-14-2-1-3-21-14)18-15-12-5-10-4-11(7-12)8-13(15)6-10/h1-3,9-13,15H,4-8H2,(H2,18,19,20)/b17-9-. The SMILES string of the molecule is S=C(N/N=C\c1cccs1)NC1C2CC3CC(C2)CC1C3. The van der Waals surface area contributed by atoms with Crippen LogP contribution in [0.15, 0.2) is 22.6 Å². The summed E-state index contributed by atoms with van der Waals surface area (Å²) in [7, 11) is 0. The van der Waals surface area contributed by atoms with Crippen molar-refractivity contribution in [2.75, 3.05) is 0 Å². The highest BCUT2D eigenvalue weighted by Gasteiger charge is 2.48. The Bertz CT molecular complexity index is 510. The van der Waals surface area contributed by atoms with Crippen molar-refractivity contribution in [3.8, 4) is 0 Å². The minimum atomic E-state index is 0.578. The Morgan fingerprint density at radius 3 is 2.52 bits per heavy atom. The molecule has 0 atom stereocenters. The van der Waals surface area contributed by atoms with Crippen LogP contribution in [0.2, 0.25) is 0 Å². The Morgan fingerprint density at radius 2 is 1.90 bits per heavy atom. The topological polar surface area (TPSA) is 36.4 Å².